The molecule has 188 valence electrons. The molecule has 0 amide bonds. The molecule has 0 spiro atoms. The Balaban J connectivity index is 1.60. The Hall–Kier alpha value is -3.40. The van der Waals surface area contributed by atoms with Crippen molar-refractivity contribution in [1.29, 1.82) is 0 Å². The Labute approximate surface area is 207 Å². The molecule has 0 aliphatic heterocycles. The predicted octanol–water partition coefficient (Wildman–Crippen LogP) is 3.36. The smallest absolute Gasteiger partial charge is 0.407 e. The summed E-state index contributed by atoms with van der Waals surface area (Å²) >= 11 is 0. The maximum atomic E-state index is 11.5. The van der Waals surface area contributed by atoms with Crippen LogP contribution in [0.1, 0.15) is 18.4 Å². The molecule has 0 fully saturated rings. The van der Waals surface area contributed by atoms with E-state index in [0.717, 1.165) is 11.3 Å². The van der Waals surface area contributed by atoms with E-state index >= 15 is 0 Å². The number of aromatic hydroxyl groups is 1. The van der Waals surface area contributed by atoms with Gasteiger partial charge >= 0.3 is 21.1 Å². The summed E-state index contributed by atoms with van der Waals surface area (Å²) in [5.41, 5.74) is 2.67. The topological polar surface area (TPSA) is 183 Å². The number of aliphatic hydroxyl groups is 1. The van der Waals surface area contributed by atoms with Crippen LogP contribution in [0.2, 0.25) is 0 Å². The molecular formula is C22H25N6O6P2+. The summed E-state index contributed by atoms with van der Waals surface area (Å²) in [5, 5.41) is 23.4. The van der Waals surface area contributed by atoms with E-state index < -0.39 is 21.1 Å². The van der Waals surface area contributed by atoms with Gasteiger partial charge in [-0.3, -0.25) is 4.57 Å². The van der Waals surface area contributed by atoms with E-state index in [9.17, 15) is 29.1 Å². The highest BCUT2D eigenvalue weighted by Gasteiger charge is 2.53. The van der Waals surface area contributed by atoms with Crippen molar-refractivity contribution in [3.8, 4) is 5.75 Å². The number of imidazole rings is 1. The van der Waals surface area contributed by atoms with Crippen molar-refractivity contribution in [3.05, 3.63) is 66.5 Å². The molecule has 4 rings (SSSR count). The number of fused-ring (bicyclic) bond motifs is 1. The van der Waals surface area contributed by atoms with Crippen LogP contribution in [0.15, 0.2) is 60.9 Å². The number of nitrogens with zero attached hydrogens (tertiary/aromatic N) is 4. The minimum absolute atomic E-state index is 0.0995. The van der Waals surface area contributed by atoms with Crippen LogP contribution in [-0.4, -0.2) is 51.1 Å². The average molecular weight is 531 g/mol. The quantitative estimate of drug-likeness (QED) is 0.123. The molecule has 2 heterocycles. The average Bonchev–Trinajstić information content (AvgIpc) is 3.24. The zero-order valence-electron chi connectivity index (χ0n) is 18.9. The molecule has 2 aromatic heterocycles. The monoisotopic (exact) mass is 531 g/mol. The molecule has 6 N–H and O–H groups in total. The van der Waals surface area contributed by atoms with Gasteiger partial charge < -0.3 is 35.2 Å². The van der Waals surface area contributed by atoms with Gasteiger partial charge in [0.05, 0.1) is 12.9 Å². The van der Waals surface area contributed by atoms with Gasteiger partial charge in [0, 0.05) is 18.7 Å². The second-order valence-corrected chi connectivity index (χ2v) is 11.4. The van der Waals surface area contributed by atoms with Crippen LogP contribution < -0.4 is 10.6 Å². The highest BCUT2D eigenvalue weighted by atomic mass is 31.2. The van der Waals surface area contributed by atoms with Crippen LogP contribution in [0.25, 0.3) is 11.2 Å². The van der Waals surface area contributed by atoms with Gasteiger partial charge in [0.1, 0.15) is 5.75 Å². The maximum absolute atomic E-state index is 11.5. The van der Waals surface area contributed by atoms with Gasteiger partial charge in [-0.15, -0.1) is 0 Å². The number of phenols is 1. The van der Waals surface area contributed by atoms with Crippen LogP contribution in [0.3, 0.4) is 0 Å². The first-order valence-electron chi connectivity index (χ1n) is 10.9. The highest BCUT2D eigenvalue weighted by Crippen LogP contribution is 2.57. The Morgan fingerprint density at radius 2 is 1.86 bits per heavy atom. The SMILES string of the molecule is O=[PH+]C(O)(CCCNc1nc(Nc2ccccc2)c2ncn(Cc3cccc(O)c3)c2n1)P(=O)(O)O. The van der Waals surface area contributed by atoms with Crippen molar-refractivity contribution in [1.82, 2.24) is 19.5 Å². The van der Waals surface area contributed by atoms with Crippen LogP contribution in [0.4, 0.5) is 17.5 Å². The van der Waals surface area contributed by atoms with E-state index in [4.69, 9.17) is 0 Å². The number of benzene rings is 2. The van der Waals surface area contributed by atoms with Gasteiger partial charge in [-0.2, -0.15) is 9.97 Å². The van der Waals surface area contributed by atoms with E-state index in [0.29, 0.717) is 23.5 Å². The van der Waals surface area contributed by atoms with E-state index in [1.807, 2.05) is 36.4 Å². The van der Waals surface area contributed by atoms with Crippen LogP contribution in [-0.2, 0) is 15.7 Å². The standard InChI is InChI=1S/C22H24N6O6P2/c29-17-9-4-6-15(12-17)13-28-14-24-18-19(25-16-7-2-1-3-8-16)26-21(27-20(18)28)23-11-5-10-22(30,35-31)36(32,33)34/h1-4,6-9,12,14,29-30H,5,10-11,13H2,(H2,32,33,34)(H2,23,25,26,27)/p+1. The largest absolute Gasteiger partial charge is 0.508 e. The molecule has 12 nitrogen and oxygen atoms in total. The van der Waals surface area contributed by atoms with Gasteiger partial charge in [-0.05, 0) is 36.2 Å². The number of phenolic OH excluding ortho intramolecular Hbond substituents is 1. The number of aromatic nitrogens is 4. The van der Waals surface area contributed by atoms with Gasteiger partial charge in [-0.25, -0.2) is 4.98 Å². The molecule has 0 aliphatic rings. The fourth-order valence-electron chi connectivity index (χ4n) is 3.53. The lowest BCUT2D eigenvalue weighted by atomic mass is 10.2. The highest BCUT2D eigenvalue weighted by molar-refractivity contribution is 7.63. The number of rotatable bonds is 11. The van der Waals surface area contributed by atoms with Crippen LogP contribution in [0.5, 0.6) is 5.75 Å². The molecule has 2 aromatic carbocycles. The van der Waals surface area contributed by atoms with Crippen LogP contribution >= 0.6 is 16.1 Å². The molecule has 0 saturated carbocycles. The summed E-state index contributed by atoms with van der Waals surface area (Å²) in [5.74, 6) is 0.813. The molecule has 0 radical (unpaired) electrons. The normalized spacial score (nSPS) is 13.5. The summed E-state index contributed by atoms with van der Waals surface area (Å²) in [7, 11) is -6.53. The lowest BCUT2D eigenvalue weighted by Gasteiger charge is -2.16. The summed E-state index contributed by atoms with van der Waals surface area (Å²) in [6.45, 7) is 0.551. The zero-order valence-corrected chi connectivity index (χ0v) is 20.8. The third kappa shape index (κ3) is 5.87. The first-order valence-corrected chi connectivity index (χ1v) is 13.4. The molecule has 14 heteroatoms. The molecular weight excluding hydrogens is 506 g/mol. The Morgan fingerprint density at radius 1 is 1.08 bits per heavy atom. The fraction of sp³-hybridized carbons (Fsp3) is 0.227. The van der Waals surface area contributed by atoms with Gasteiger partial charge in [-0.1, -0.05) is 34.9 Å². The molecule has 36 heavy (non-hydrogen) atoms. The fourth-order valence-corrected chi connectivity index (χ4v) is 4.73. The molecule has 0 saturated heterocycles. The van der Waals surface area contributed by atoms with Gasteiger partial charge in [0.2, 0.25) is 5.95 Å². The van der Waals surface area contributed by atoms with E-state index in [2.05, 4.69) is 25.6 Å². The van der Waals surface area contributed by atoms with E-state index in [1.165, 1.54) is 0 Å². The summed E-state index contributed by atoms with van der Waals surface area (Å²) in [6.07, 6.45) is 1.35. The Bertz CT molecular complexity index is 1410. The molecule has 2 atom stereocenters. The molecule has 2 unspecified atom stereocenters. The Kier molecular flexibility index (Phi) is 7.63. The third-order valence-electron chi connectivity index (χ3n) is 5.39. The van der Waals surface area contributed by atoms with Crippen molar-refractivity contribution in [3.63, 3.8) is 0 Å². The van der Waals surface area contributed by atoms with Crippen molar-refractivity contribution in [2.75, 3.05) is 17.2 Å². The molecule has 0 aliphatic carbocycles. The lowest BCUT2D eigenvalue weighted by Crippen LogP contribution is -2.22. The number of nitrogens with one attached hydrogen (secondary N) is 2. The van der Waals surface area contributed by atoms with Crippen molar-refractivity contribution in [2.24, 2.45) is 0 Å². The van der Waals surface area contributed by atoms with Crippen molar-refractivity contribution >= 4 is 44.7 Å². The van der Waals surface area contributed by atoms with Gasteiger partial charge in [0.15, 0.2) is 17.0 Å². The van der Waals surface area contributed by atoms with Gasteiger partial charge in [0.25, 0.3) is 0 Å². The molecule has 0 bridgehead atoms. The van der Waals surface area contributed by atoms with E-state index in [-0.39, 0.29) is 31.1 Å². The minimum Gasteiger partial charge on any atom is -0.508 e. The number of para-hydroxylation sites is 1. The zero-order chi connectivity index (χ0) is 25.8. The van der Waals surface area contributed by atoms with Crippen molar-refractivity contribution < 1.29 is 29.1 Å². The second-order valence-electron chi connectivity index (χ2n) is 8.09. The van der Waals surface area contributed by atoms with Crippen LogP contribution in [0, 0.1) is 0 Å². The van der Waals surface area contributed by atoms with E-state index in [1.54, 1.807) is 29.1 Å². The first-order chi connectivity index (χ1) is 17.2. The Morgan fingerprint density at radius 3 is 2.56 bits per heavy atom. The van der Waals surface area contributed by atoms with Crippen molar-refractivity contribution in [2.45, 2.75) is 24.5 Å². The minimum atomic E-state index is -4.96. The number of hydrogen-bond donors (Lipinski definition) is 6. The lowest BCUT2D eigenvalue weighted by molar-refractivity contribution is 0.157. The second kappa shape index (κ2) is 10.7. The summed E-state index contributed by atoms with van der Waals surface area (Å²) in [4.78, 5) is 32.1. The number of hydrogen-bond acceptors (Lipinski definition) is 9. The third-order valence-corrected chi connectivity index (χ3v) is 8.31. The first kappa shape index (κ1) is 25.7. The number of anilines is 3. The summed E-state index contributed by atoms with van der Waals surface area (Å²) < 4.78 is 24.5. The molecule has 4 aromatic rings. The summed E-state index contributed by atoms with van der Waals surface area (Å²) in [6, 6.07) is 16.2. The predicted molar refractivity (Wildman–Crippen MR) is 136 cm³/mol. The maximum Gasteiger partial charge on any atom is 0.407 e.